The Kier molecular flexibility index (Phi) is 3.60. The summed E-state index contributed by atoms with van der Waals surface area (Å²) in [4.78, 5) is 12.5. The van der Waals surface area contributed by atoms with Crippen molar-refractivity contribution in [2.24, 2.45) is 0 Å². The van der Waals surface area contributed by atoms with Crippen molar-refractivity contribution < 1.29 is 14.3 Å². The van der Waals surface area contributed by atoms with E-state index in [0.717, 1.165) is 0 Å². The molecule has 12 heavy (non-hydrogen) atoms. The van der Waals surface area contributed by atoms with Crippen molar-refractivity contribution in [1.29, 1.82) is 0 Å². The van der Waals surface area contributed by atoms with Gasteiger partial charge in [-0.05, 0) is 0 Å². The standard InChI is InChI=1S/C8H13NO3/c1-2-5-11-6-3-9-4-7-12-8(9)10/h2H,1,3-7H2. The molecule has 0 bridgehead atoms. The van der Waals surface area contributed by atoms with Crippen LogP contribution in [0.4, 0.5) is 4.79 Å². The second kappa shape index (κ2) is 4.77. The summed E-state index contributed by atoms with van der Waals surface area (Å²) in [5.74, 6) is 0. The molecule has 0 aromatic rings. The summed E-state index contributed by atoms with van der Waals surface area (Å²) in [5.41, 5.74) is 0. The fraction of sp³-hybridized carbons (Fsp3) is 0.625. The molecule has 1 aliphatic rings. The molecule has 0 atom stereocenters. The molecule has 0 radical (unpaired) electrons. The summed E-state index contributed by atoms with van der Waals surface area (Å²) in [5, 5.41) is 0. The number of ether oxygens (including phenoxy) is 2. The predicted octanol–water partition coefficient (Wildman–Crippen LogP) is 0.641. The Morgan fingerprint density at radius 2 is 2.58 bits per heavy atom. The van der Waals surface area contributed by atoms with Crippen molar-refractivity contribution in [1.82, 2.24) is 4.90 Å². The lowest BCUT2D eigenvalue weighted by atomic mass is 10.5. The third-order valence-corrected chi connectivity index (χ3v) is 1.59. The Morgan fingerprint density at radius 1 is 1.75 bits per heavy atom. The molecule has 0 unspecified atom stereocenters. The minimum Gasteiger partial charge on any atom is -0.448 e. The molecule has 0 aromatic heterocycles. The maximum atomic E-state index is 10.9. The van der Waals surface area contributed by atoms with Crippen LogP contribution in [0.3, 0.4) is 0 Å². The van der Waals surface area contributed by atoms with E-state index in [1.807, 2.05) is 0 Å². The van der Waals surface area contributed by atoms with Gasteiger partial charge in [0.25, 0.3) is 0 Å². The van der Waals surface area contributed by atoms with E-state index in [2.05, 4.69) is 6.58 Å². The van der Waals surface area contributed by atoms with Gasteiger partial charge in [-0.15, -0.1) is 6.58 Å². The van der Waals surface area contributed by atoms with E-state index in [9.17, 15) is 4.79 Å². The van der Waals surface area contributed by atoms with Gasteiger partial charge in [0.15, 0.2) is 0 Å². The average molecular weight is 171 g/mol. The molecule has 1 saturated heterocycles. The topological polar surface area (TPSA) is 38.8 Å². The van der Waals surface area contributed by atoms with Gasteiger partial charge in [-0.1, -0.05) is 6.08 Å². The molecule has 1 aliphatic heterocycles. The van der Waals surface area contributed by atoms with Crippen molar-refractivity contribution >= 4 is 6.09 Å². The van der Waals surface area contributed by atoms with Gasteiger partial charge in [-0.25, -0.2) is 4.79 Å². The third kappa shape index (κ3) is 2.54. The van der Waals surface area contributed by atoms with Crippen molar-refractivity contribution in [2.75, 3.05) is 32.9 Å². The van der Waals surface area contributed by atoms with Crippen LogP contribution in [0.25, 0.3) is 0 Å². The highest BCUT2D eigenvalue weighted by Gasteiger charge is 2.20. The van der Waals surface area contributed by atoms with E-state index in [1.54, 1.807) is 11.0 Å². The summed E-state index contributed by atoms with van der Waals surface area (Å²) in [7, 11) is 0. The Labute approximate surface area is 71.7 Å². The number of hydrogen-bond acceptors (Lipinski definition) is 3. The molecule has 1 rings (SSSR count). The van der Waals surface area contributed by atoms with Crippen LogP contribution in [0.1, 0.15) is 0 Å². The van der Waals surface area contributed by atoms with Crippen LogP contribution in [-0.4, -0.2) is 43.9 Å². The summed E-state index contributed by atoms with van der Waals surface area (Å²) < 4.78 is 9.86. The maximum Gasteiger partial charge on any atom is 0.410 e. The Balaban J connectivity index is 2.06. The molecule has 0 N–H and O–H groups in total. The monoisotopic (exact) mass is 171 g/mol. The lowest BCUT2D eigenvalue weighted by Gasteiger charge is -2.11. The SMILES string of the molecule is C=CCOCCN1CCOC1=O. The van der Waals surface area contributed by atoms with Crippen LogP contribution in [0, 0.1) is 0 Å². The number of hydrogen-bond donors (Lipinski definition) is 0. The molecule has 0 aliphatic carbocycles. The summed E-state index contributed by atoms with van der Waals surface area (Å²) in [6, 6.07) is 0. The first-order chi connectivity index (χ1) is 5.84. The van der Waals surface area contributed by atoms with Gasteiger partial charge in [0.05, 0.1) is 19.8 Å². The molecule has 0 spiro atoms. The van der Waals surface area contributed by atoms with Crippen molar-refractivity contribution in [2.45, 2.75) is 0 Å². The minimum absolute atomic E-state index is 0.239. The van der Waals surface area contributed by atoms with E-state index in [1.165, 1.54) is 0 Å². The Bertz CT molecular complexity index is 170. The van der Waals surface area contributed by atoms with Crippen LogP contribution >= 0.6 is 0 Å². The number of nitrogens with zero attached hydrogens (tertiary/aromatic N) is 1. The molecule has 4 heteroatoms. The normalized spacial score (nSPS) is 16.3. The Morgan fingerprint density at radius 3 is 3.17 bits per heavy atom. The highest BCUT2D eigenvalue weighted by atomic mass is 16.6. The van der Waals surface area contributed by atoms with Gasteiger partial charge in [-0.3, -0.25) is 0 Å². The molecule has 1 amide bonds. The zero-order valence-corrected chi connectivity index (χ0v) is 6.99. The van der Waals surface area contributed by atoms with E-state index >= 15 is 0 Å². The number of rotatable bonds is 5. The van der Waals surface area contributed by atoms with Gasteiger partial charge in [0, 0.05) is 6.54 Å². The molecule has 0 aromatic carbocycles. The first kappa shape index (κ1) is 9.06. The minimum atomic E-state index is -0.239. The molecule has 0 saturated carbocycles. The van der Waals surface area contributed by atoms with Gasteiger partial charge in [0.2, 0.25) is 0 Å². The highest BCUT2D eigenvalue weighted by Crippen LogP contribution is 2.01. The van der Waals surface area contributed by atoms with Gasteiger partial charge in [-0.2, -0.15) is 0 Å². The van der Waals surface area contributed by atoms with E-state index in [-0.39, 0.29) is 6.09 Å². The quantitative estimate of drug-likeness (QED) is 0.450. The number of cyclic esters (lactones) is 1. The fourth-order valence-corrected chi connectivity index (χ4v) is 0.970. The second-order valence-corrected chi connectivity index (χ2v) is 2.47. The van der Waals surface area contributed by atoms with Crippen molar-refractivity contribution in [3.05, 3.63) is 12.7 Å². The molecule has 1 heterocycles. The largest absolute Gasteiger partial charge is 0.448 e. The van der Waals surface area contributed by atoms with Crippen LogP contribution in [-0.2, 0) is 9.47 Å². The van der Waals surface area contributed by atoms with Crippen molar-refractivity contribution in [3.8, 4) is 0 Å². The van der Waals surface area contributed by atoms with Crippen molar-refractivity contribution in [3.63, 3.8) is 0 Å². The molecule has 4 nitrogen and oxygen atoms in total. The number of amides is 1. The van der Waals surface area contributed by atoms with Crippen LogP contribution < -0.4 is 0 Å². The molecule has 1 fully saturated rings. The van der Waals surface area contributed by atoms with Gasteiger partial charge >= 0.3 is 6.09 Å². The number of carbonyl (C=O) groups is 1. The second-order valence-electron chi connectivity index (χ2n) is 2.47. The fourth-order valence-electron chi connectivity index (χ4n) is 0.970. The van der Waals surface area contributed by atoms with E-state index in [4.69, 9.17) is 9.47 Å². The zero-order valence-electron chi connectivity index (χ0n) is 6.99. The molecular weight excluding hydrogens is 158 g/mol. The highest BCUT2D eigenvalue weighted by molar-refractivity contribution is 5.69. The Hall–Kier alpha value is -1.03. The molecular formula is C8H13NO3. The zero-order chi connectivity index (χ0) is 8.81. The molecule has 68 valence electrons. The van der Waals surface area contributed by atoms with Crippen LogP contribution in [0.15, 0.2) is 12.7 Å². The van der Waals surface area contributed by atoms with Gasteiger partial charge in [0.1, 0.15) is 6.61 Å². The predicted molar refractivity (Wildman–Crippen MR) is 43.9 cm³/mol. The third-order valence-electron chi connectivity index (χ3n) is 1.59. The number of carbonyl (C=O) groups excluding carboxylic acids is 1. The van der Waals surface area contributed by atoms with Gasteiger partial charge < -0.3 is 14.4 Å². The summed E-state index contributed by atoms with van der Waals surface area (Å²) >= 11 is 0. The summed E-state index contributed by atoms with van der Waals surface area (Å²) in [6.45, 7) is 6.37. The van der Waals surface area contributed by atoms with E-state index in [0.29, 0.717) is 32.9 Å². The smallest absolute Gasteiger partial charge is 0.410 e. The first-order valence-corrected chi connectivity index (χ1v) is 3.95. The van der Waals surface area contributed by atoms with Crippen LogP contribution in [0.5, 0.6) is 0 Å². The lowest BCUT2D eigenvalue weighted by Crippen LogP contribution is -2.28. The average Bonchev–Trinajstić information content (AvgIpc) is 2.46. The first-order valence-electron chi connectivity index (χ1n) is 3.95. The summed E-state index contributed by atoms with van der Waals surface area (Å²) in [6.07, 6.45) is 1.44. The maximum absolute atomic E-state index is 10.9. The van der Waals surface area contributed by atoms with Crippen LogP contribution in [0.2, 0.25) is 0 Å². The lowest BCUT2D eigenvalue weighted by molar-refractivity contribution is 0.125. The van der Waals surface area contributed by atoms with E-state index < -0.39 is 0 Å².